The molecule has 29 heavy (non-hydrogen) atoms. The van der Waals surface area contributed by atoms with E-state index in [0.29, 0.717) is 30.9 Å². The molecule has 0 saturated carbocycles. The number of hydrogen-bond donors (Lipinski definition) is 1. The van der Waals surface area contributed by atoms with Crippen molar-refractivity contribution < 1.29 is 19.1 Å². The molecule has 0 saturated heterocycles. The maximum atomic E-state index is 12.7. The molecular formula is C21H28N4O4. The van der Waals surface area contributed by atoms with Crippen molar-refractivity contribution in [1.82, 2.24) is 14.7 Å². The molecule has 3 rings (SSSR count). The summed E-state index contributed by atoms with van der Waals surface area (Å²) in [5, 5.41) is 4.40. The van der Waals surface area contributed by atoms with E-state index in [1.165, 1.54) is 4.68 Å². The lowest BCUT2D eigenvalue weighted by atomic mass is 10.1. The second-order valence-corrected chi connectivity index (χ2v) is 8.08. The smallest absolute Gasteiger partial charge is 0.410 e. The van der Waals surface area contributed by atoms with Gasteiger partial charge in [0.25, 0.3) is 0 Å². The fourth-order valence-corrected chi connectivity index (χ4v) is 3.35. The number of nitrogen functional groups attached to an aromatic ring is 1. The molecule has 0 aliphatic carbocycles. The number of ether oxygens (including phenoxy) is 2. The van der Waals surface area contributed by atoms with E-state index in [2.05, 4.69) is 5.10 Å². The normalized spacial score (nSPS) is 13.7. The highest BCUT2D eigenvalue weighted by atomic mass is 16.6. The van der Waals surface area contributed by atoms with Crippen molar-refractivity contribution in [3.63, 3.8) is 0 Å². The molecule has 1 amide bonds. The first-order valence-corrected chi connectivity index (χ1v) is 9.69. The van der Waals surface area contributed by atoms with Crippen molar-refractivity contribution in [2.45, 2.75) is 52.2 Å². The number of methoxy groups -OCH3 is 1. The van der Waals surface area contributed by atoms with Gasteiger partial charge in [0.1, 0.15) is 17.2 Å². The Balaban J connectivity index is 1.70. The van der Waals surface area contributed by atoms with Gasteiger partial charge in [-0.1, -0.05) is 18.2 Å². The number of anilines is 1. The van der Waals surface area contributed by atoms with Crippen molar-refractivity contribution in [3.05, 3.63) is 41.1 Å². The van der Waals surface area contributed by atoms with Gasteiger partial charge in [0.15, 0.2) is 0 Å². The monoisotopic (exact) mass is 400 g/mol. The number of carbonyl (C=O) groups excluding carboxylic acids is 2. The predicted molar refractivity (Wildman–Crippen MR) is 109 cm³/mol. The zero-order valence-electron chi connectivity index (χ0n) is 17.4. The van der Waals surface area contributed by atoms with Crippen molar-refractivity contribution >= 4 is 17.8 Å². The van der Waals surface area contributed by atoms with Gasteiger partial charge in [-0.05, 0) is 45.2 Å². The van der Waals surface area contributed by atoms with Crippen LogP contribution in [0.25, 0.3) is 0 Å². The zero-order valence-corrected chi connectivity index (χ0v) is 17.4. The number of fused-ring (bicyclic) bond motifs is 1. The molecule has 0 radical (unpaired) electrons. The number of nitrogens with zero attached hydrogens (tertiary/aromatic N) is 3. The number of hydrogen-bond acceptors (Lipinski definition) is 6. The number of rotatable bonds is 4. The molecule has 8 nitrogen and oxygen atoms in total. The first kappa shape index (κ1) is 20.7. The van der Waals surface area contributed by atoms with E-state index < -0.39 is 11.7 Å². The van der Waals surface area contributed by atoms with Gasteiger partial charge >= 0.3 is 6.09 Å². The third-order valence-corrected chi connectivity index (χ3v) is 4.77. The lowest BCUT2D eigenvalue weighted by Gasteiger charge is -2.29. The maximum Gasteiger partial charge on any atom is 0.410 e. The fourth-order valence-electron chi connectivity index (χ4n) is 3.35. The summed E-state index contributed by atoms with van der Waals surface area (Å²) >= 11 is 0. The van der Waals surface area contributed by atoms with Crippen LogP contribution in [0.4, 0.5) is 10.6 Å². The Morgan fingerprint density at radius 3 is 2.66 bits per heavy atom. The molecule has 0 fully saturated rings. The second kappa shape index (κ2) is 8.14. The van der Waals surface area contributed by atoms with Crippen molar-refractivity contribution in [1.29, 1.82) is 0 Å². The van der Waals surface area contributed by atoms with Gasteiger partial charge in [0.05, 0.1) is 19.3 Å². The van der Waals surface area contributed by atoms with Gasteiger partial charge in [-0.25, -0.2) is 4.79 Å². The van der Waals surface area contributed by atoms with Gasteiger partial charge in [0, 0.05) is 18.5 Å². The minimum atomic E-state index is -0.565. The van der Waals surface area contributed by atoms with Crippen LogP contribution in [0, 0.1) is 0 Å². The molecule has 0 spiro atoms. The van der Waals surface area contributed by atoms with E-state index in [1.54, 1.807) is 12.0 Å². The largest absolute Gasteiger partial charge is 0.496 e. The molecule has 8 heteroatoms. The van der Waals surface area contributed by atoms with Gasteiger partial charge in [-0.15, -0.1) is 0 Å². The topological polar surface area (TPSA) is 99.7 Å². The first-order valence-electron chi connectivity index (χ1n) is 9.69. The van der Waals surface area contributed by atoms with E-state index in [4.69, 9.17) is 15.2 Å². The number of benzene rings is 1. The quantitative estimate of drug-likeness (QED) is 0.847. The van der Waals surface area contributed by atoms with E-state index in [-0.39, 0.29) is 18.9 Å². The minimum Gasteiger partial charge on any atom is -0.496 e. The van der Waals surface area contributed by atoms with E-state index >= 15 is 0 Å². The lowest BCUT2D eigenvalue weighted by molar-refractivity contribution is 0.0221. The summed E-state index contributed by atoms with van der Waals surface area (Å²) < 4.78 is 12.0. The van der Waals surface area contributed by atoms with Crippen molar-refractivity contribution in [2.75, 3.05) is 19.4 Å². The van der Waals surface area contributed by atoms with Crippen LogP contribution in [0.2, 0.25) is 0 Å². The van der Waals surface area contributed by atoms with E-state index in [1.807, 2.05) is 45.0 Å². The number of aryl methyl sites for hydroxylation is 1. The van der Waals surface area contributed by atoms with Crippen molar-refractivity contribution in [2.24, 2.45) is 0 Å². The van der Waals surface area contributed by atoms with Crippen LogP contribution in [-0.2, 0) is 24.1 Å². The Hall–Kier alpha value is -3.03. The predicted octanol–water partition coefficient (Wildman–Crippen LogP) is 3.04. The highest BCUT2D eigenvalue weighted by Gasteiger charge is 2.30. The summed E-state index contributed by atoms with van der Waals surface area (Å²) in [6, 6.07) is 7.60. The fraction of sp³-hybridized carbons (Fsp3) is 0.476. The molecule has 2 N–H and O–H groups in total. The average molecular weight is 400 g/mol. The number of nitrogens with two attached hydrogens (primary N) is 1. The maximum absolute atomic E-state index is 12.7. The van der Waals surface area contributed by atoms with Crippen LogP contribution in [0.1, 0.15) is 48.8 Å². The third-order valence-electron chi connectivity index (χ3n) is 4.77. The molecule has 2 heterocycles. The van der Waals surface area contributed by atoms with Crippen molar-refractivity contribution in [3.8, 4) is 5.75 Å². The van der Waals surface area contributed by atoms with Crippen LogP contribution in [0.15, 0.2) is 24.3 Å². The first-order chi connectivity index (χ1) is 13.7. The SMILES string of the molecule is COc1ccccc1CCC(=O)n1nc2c(c1N)CCN(C(=O)OC(C)(C)C)C2. The molecule has 1 aliphatic heterocycles. The molecule has 1 aliphatic rings. The molecule has 156 valence electrons. The van der Waals surface area contributed by atoms with Crippen LogP contribution in [-0.4, -0.2) is 45.9 Å². The number of aromatic nitrogens is 2. The highest BCUT2D eigenvalue weighted by molar-refractivity contribution is 5.82. The summed E-state index contributed by atoms with van der Waals surface area (Å²) in [5.41, 5.74) is 8.05. The Morgan fingerprint density at radius 1 is 1.24 bits per heavy atom. The Labute approximate surface area is 170 Å². The molecule has 1 aromatic heterocycles. The summed E-state index contributed by atoms with van der Waals surface area (Å²) in [4.78, 5) is 26.6. The molecule has 0 bridgehead atoms. The molecule has 2 aromatic rings. The van der Waals surface area contributed by atoms with Gasteiger partial charge in [-0.3, -0.25) is 4.79 Å². The van der Waals surface area contributed by atoms with Gasteiger partial charge in [0.2, 0.25) is 5.91 Å². The van der Waals surface area contributed by atoms with E-state index in [9.17, 15) is 9.59 Å². The summed E-state index contributed by atoms with van der Waals surface area (Å²) in [6.07, 6.45) is 0.927. The molecule has 0 atom stereocenters. The standard InChI is InChI=1S/C21H28N4O4/c1-21(2,3)29-20(27)24-12-11-15-16(13-24)23-25(19(15)22)18(26)10-9-14-7-5-6-8-17(14)28-4/h5-8H,9-13,22H2,1-4H3. The summed E-state index contributed by atoms with van der Waals surface area (Å²) in [7, 11) is 1.61. The van der Waals surface area contributed by atoms with Crippen LogP contribution in [0.3, 0.4) is 0 Å². The minimum absolute atomic E-state index is 0.188. The molecule has 1 aromatic carbocycles. The van der Waals surface area contributed by atoms with Gasteiger partial charge in [-0.2, -0.15) is 9.78 Å². The van der Waals surface area contributed by atoms with Crippen LogP contribution in [0.5, 0.6) is 5.75 Å². The highest BCUT2D eigenvalue weighted by Crippen LogP contribution is 2.26. The average Bonchev–Trinajstić information content (AvgIpc) is 3.01. The molecular weight excluding hydrogens is 372 g/mol. The number of para-hydroxylation sites is 1. The zero-order chi connectivity index (χ0) is 21.2. The third kappa shape index (κ3) is 4.70. The Bertz CT molecular complexity index is 914. The lowest BCUT2D eigenvalue weighted by Crippen LogP contribution is -2.39. The Kier molecular flexibility index (Phi) is 5.81. The number of amides is 1. The van der Waals surface area contributed by atoms with Gasteiger partial charge < -0.3 is 20.1 Å². The summed E-state index contributed by atoms with van der Waals surface area (Å²) in [5.74, 6) is 0.918. The van der Waals surface area contributed by atoms with E-state index in [0.717, 1.165) is 16.9 Å². The Morgan fingerprint density at radius 2 is 1.97 bits per heavy atom. The van der Waals surface area contributed by atoms with Crippen LogP contribution < -0.4 is 10.5 Å². The van der Waals surface area contributed by atoms with Crippen LogP contribution >= 0.6 is 0 Å². The molecule has 0 unspecified atom stereocenters. The number of carbonyl (C=O) groups is 2. The second-order valence-electron chi connectivity index (χ2n) is 8.08. The summed E-state index contributed by atoms with van der Waals surface area (Å²) in [6.45, 7) is 6.24.